The first-order valence-electron chi connectivity index (χ1n) is 5.23. The molecule has 1 aromatic rings. The minimum absolute atomic E-state index is 0.171. The smallest absolute Gasteiger partial charge is 0.168 e. The second-order valence-corrected chi connectivity index (χ2v) is 4.00. The summed E-state index contributed by atoms with van der Waals surface area (Å²) in [4.78, 5) is 0. The Kier molecular flexibility index (Phi) is 5.57. The first-order chi connectivity index (χ1) is 7.25. The van der Waals surface area contributed by atoms with Crippen molar-refractivity contribution in [1.29, 1.82) is 0 Å². The van der Waals surface area contributed by atoms with Gasteiger partial charge in [-0.1, -0.05) is 13.3 Å². The number of hydrogen-bond acceptors (Lipinski definition) is 4. The van der Waals surface area contributed by atoms with E-state index in [4.69, 9.17) is 16.3 Å². The third-order valence-electron chi connectivity index (χ3n) is 2.01. The van der Waals surface area contributed by atoms with Crippen LogP contribution in [0.3, 0.4) is 0 Å². The zero-order valence-corrected chi connectivity index (χ0v) is 9.94. The topological polar surface area (TPSA) is 52.8 Å². The van der Waals surface area contributed by atoms with Crippen LogP contribution in [0.2, 0.25) is 0 Å². The van der Waals surface area contributed by atoms with Gasteiger partial charge in [-0.3, -0.25) is 0 Å². The second kappa shape index (κ2) is 6.74. The van der Waals surface area contributed by atoms with Crippen LogP contribution >= 0.6 is 11.6 Å². The van der Waals surface area contributed by atoms with Crippen LogP contribution in [0.25, 0.3) is 0 Å². The summed E-state index contributed by atoms with van der Waals surface area (Å²) < 4.78 is 7.11. The highest BCUT2D eigenvalue weighted by atomic mass is 35.5. The van der Waals surface area contributed by atoms with Gasteiger partial charge in [-0.2, -0.15) is 0 Å². The van der Waals surface area contributed by atoms with Crippen molar-refractivity contribution in [3.05, 3.63) is 5.82 Å². The number of rotatable bonds is 7. The van der Waals surface area contributed by atoms with Gasteiger partial charge in [-0.25, -0.2) is 4.68 Å². The Balaban J connectivity index is 2.28. The Bertz CT molecular complexity index is 277. The zero-order chi connectivity index (χ0) is 11.1. The van der Waals surface area contributed by atoms with E-state index in [9.17, 15) is 0 Å². The average Bonchev–Trinajstić information content (AvgIpc) is 2.66. The molecular weight excluding hydrogens is 216 g/mol. The van der Waals surface area contributed by atoms with Crippen LogP contribution in [0.1, 0.15) is 37.9 Å². The lowest BCUT2D eigenvalue weighted by molar-refractivity contribution is 0.120. The fourth-order valence-electron chi connectivity index (χ4n) is 1.16. The van der Waals surface area contributed by atoms with E-state index in [1.807, 2.05) is 6.92 Å². The minimum atomic E-state index is -0.171. The van der Waals surface area contributed by atoms with E-state index in [1.54, 1.807) is 4.68 Å². The first-order valence-corrected chi connectivity index (χ1v) is 5.67. The lowest BCUT2D eigenvalue weighted by Crippen LogP contribution is -2.11. The molecule has 1 rings (SSSR count). The summed E-state index contributed by atoms with van der Waals surface area (Å²) in [6.45, 7) is 6.06. The molecule has 1 heterocycles. The number of tetrazole rings is 1. The standard InChI is InChI=1S/C9H17ClN4O/c1-3-4-6-15-7-5-14-9(8(2)10)11-12-13-14/h8H,3-7H2,1-2H3. The van der Waals surface area contributed by atoms with Crippen LogP contribution in [0.5, 0.6) is 0 Å². The molecule has 6 heteroatoms. The third kappa shape index (κ3) is 4.13. The van der Waals surface area contributed by atoms with Gasteiger partial charge in [0.25, 0.3) is 0 Å². The lowest BCUT2D eigenvalue weighted by atomic mass is 10.4. The number of halogens is 1. The SMILES string of the molecule is CCCCOCCn1nnnc1C(C)Cl. The fourth-order valence-corrected chi connectivity index (χ4v) is 1.31. The summed E-state index contributed by atoms with van der Waals surface area (Å²) in [5.74, 6) is 0.691. The first kappa shape index (κ1) is 12.4. The van der Waals surface area contributed by atoms with E-state index in [1.165, 1.54) is 0 Å². The predicted molar refractivity (Wildman–Crippen MR) is 57.8 cm³/mol. The Hall–Kier alpha value is -0.680. The maximum Gasteiger partial charge on any atom is 0.168 e. The van der Waals surface area contributed by atoms with Gasteiger partial charge in [-0.05, 0) is 23.8 Å². The van der Waals surface area contributed by atoms with E-state index in [-0.39, 0.29) is 5.38 Å². The summed E-state index contributed by atoms with van der Waals surface area (Å²) in [5, 5.41) is 11.1. The van der Waals surface area contributed by atoms with Gasteiger partial charge >= 0.3 is 0 Å². The molecule has 0 saturated heterocycles. The Morgan fingerprint density at radius 3 is 2.93 bits per heavy atom. The number of nitrogens with zero attached hydrogens (tertiary/aromatic N) is 4. The van der Waals surface area contributed by atoms with Crippen molar-refractivity contribution in [2.24, 2.45) is 0 Å². The number of ether oxygens (including phenoxy) is 1. The molecule has 86 valence electrons. The Morgan fingerprint density at radius 2 is 2.27 bits per heavy atom. The zero-order valence-electron chi connectivity index (χ0n) is 9.19. The molecule has 1 unspecified atom stereocenters. The van der Waals surface area contributed by atoms with E-state index >= 15 is 0 Å². The van der Waals surface area contributed by atoms with Crippen LogP contribution in [0.4, 0.5) is 0 Å². The molecule has 0 aliphatic carbocycles. The number of hydrogen-bond donors (Lipinski definition) is 0. The van der Waals surface area contributed by atoms with Crippen molar-refractivity contribution in [2.45, 2.75) is 38.6 Å². The van der Waals surface area contributed by atoms with Gasteiger partial charge in [-0.15, -0.1) is 16.7 Å². The quantitative estimate of drug-likeness (QED) is 0.531. The molecule has 15 heavy (non-hydrogen) atoms. The van der Waals surface area contributed by atoms with E-state index in [0.717, 1.165) is 19.4 Å². The highest BCUT2D eigenvalue weighted by Crippen LogP contribution is 2.14. The molecule has 0 fully saturated rings. The predicted octanol–water partition coefficient (Wildman–Crippen LogP) is 1.79. The largest absolute Gasteiger partial charge is 0.380 e. The maximum atomic E-state index is 5.91. The summed E-state index contributed by atoms with van der Waals surface area (Å²) in [7, 11) is 0. The highest BCUT2D eigenvalue weighted by molar-refractivity contribution is 6.20. The molecule has 5 nitrogen and oxygen atoms in total. The summed E-state index contributed by atoms with van der Waals surface area (Å²) in [6.07, 6.45) is 2.24. The molecule has 0 bridgehead atoms. The summed E-state index contributed by atoms with van der Waals surface area (Å²) >= 11 is 5.91. The van der Waals surface area contributed by atoms with Crippen molar-refractivity contribution >= 4 is 11.6 Å². The molecule has 0 radical (unpaired) electrons. The normalized spacial score (nSPS) is 13.0. The maximum absolute atomic E-state index is 5.91. The lowest BCUT2D eigenvalue weighted by Gasteiger charge is -2.06. The molecule has 0 saturated carbocycles. The van der Waals surface area contributed by atoms with E-state index in [0.29, 0.717) is 19.0 Å². The van der Waals surface area contributed by atoms with Crippen LogP contribution in [0, 0.1) is 0 Å². The molecule has 0 amide bonds. The number of alkyl halides is 1. The monoisotopic (exact) mass is 232 g/mol. The van der Waals surface area contributed by atoms with Gasteiger partial charge in [0.15, 0.2) is 5.82 Å². The van der Waals surface area contributed by atoms with Crippen LogP contribution in [-0.2, 0) is 11.3 Å². The fraction of sp³-hybridized carbons (Fsp3) is 0.889. The highest BCUT2D eigenvalue weighted by Gasteiger charge is 2.10. The molecule has 0 N–H and O–H groups in total. The van der Waals surface area contributed by atoms with Gasteiger partial charge in [0.2, 0.25) is 0 Å². The van der Waals surface area contributed by atoms with E-state index < -0.39 is 0 Å². The number of unbranched alkanes of at least 4 members (excludes halogenated alkanes) is 1. The van der Waals surface area contributed by atoms with Crippen molar-refractivity contribution < 1.29 is 4.74 Å². The molecule has 1 aromatic heterocycles. The van der Waals surface area contributed by atoms with Gasteiger partial charge in [0.05, 0.1) is 18.5 Å². The van der Waals surface area contributed by atoms with Crippen molar-refractivity contribution in [3.8, 4) is 0 Å². The molecular formula is C9H17ClN4O. The second-order valence-electron chi connectivity index (χ2n) is 3.34. The van der Waals surface area contributed by atoms with Gasteiger partial charge < -0.3 is 4.74 Å². The molecule has 0 aromatic carbocycles. The van der Waals surface area contributed by atoms with Crippen molar-refractivity contribution in [3.63, 3.8) is 0 Å². The number of aromatic nitrogens is 4. The Labute approximate surface area is 94.8 Å². The summed E-state index contributed by atoms with van der Waals surface area (Å²) in [5.41, 5.74) is 0. The van der Waals surface area contributed by atoms with Crippen molar-refractivity contribution in [2.75, 3.05) is 13.2 Å². The molecule has 0 aliphatic rings. The van der Waals surface area contributed by atoms with E-state index in [2.05, 4.69) is 22.4 Å². The Morgan fingerprint density at radius 1 is 1.47 bits per heavy atom. The average molecular weight is 233 g/mol. The minimum Gasteiger partial charge on any atom is -0.380 e. The van der Waals surface area contributed by atoms with Crippen LogP contribution in [-0.4, -0.2) is 33.4 Å². The van der Waals surface area contributed by atoms with Gasteiger partial charge in [0, 0.05) is 6.61 Å². The van der Waals surface area contributed by atoms with Crippen molar-refractivity contribution in [1.82, 2.24) is 20.2 Å². The molecule has 0 spiro atoms. The van der Waals surface area contributed by atoms with Gasteiger partial charge in [0.1, 0.15) is 0 Å². The van der Waals surface area contributed by atoms with Crippen LogP contribution in [0.15, 0.2) is 0 Å². The summed E-state index contributed by atoms with van der Waals surface area (Å²) in [6, 6.07) is 0. The third-order valence-corrected chi connectivity index (χ3v) is 2.20. The van der Waals surface area contributed by atoms with Crippen LogP contribution < -0.4 is 0 Å². The molecule has 0 aliphatic heterocycles. The molecule has 1 atom stereocenters.